The molecule has 1 saturated heterocycles. The van der Waals surface area contributed by atoms with Gasteiger partial charge < -0.3 is 19.5 Å². The Labute approximate surface area is 125 Å². The molecule has 0 radical (unpaired) electrons. The number of nitrogens with one attached hydrogen (secondary N) is 1. The predicted octanol–water partition coefficient (Wildman–Crippen LogP) is 1.52. The van der Waals surface area contributed by atoms with Gasteiger partial charge in [0.2, 0.25) is 5.91 Å². The molecule has 1 aliphatic heterocycles. The van der Waals surface area contributed by atoms with Crippen LogP contribution in [0.15, 0.2) is 0 Å². The van der Waals surface area contributed by atoms with Crippen molar-refractivity contribution in [2.24, 2.45) is 0 Å². The topological polar surface area (TPSA) is 73.9 Å². The first-order chi connectivity index (χ1) is 10.1. The molecule has 6 nitrogen and oxygen atoms in total. The number of esters is 1. The molecule has 0 bridgehead atoms. The van der Waals surface area contributed by atoms with Crippen molar-refractivity contribution in [2.75, 3.05) is 20.3 Å². The molecular formula is C15H25NO5. The van der Waals surface area contributed by atoms with Gasteiger partial charge >= 0.3 is 5.97 Å². The molecule has 2 aliphatic rings. The molecule has 6 heteroatoms. The third-order valence-corrected chi connectivity index (χ3v) is 4.11. The zero-order valence-corrected chi connectivity index (χ0v) is 12.7. The summed E-state index contributed by atoms with van der Waals surface area (Å²) in [5.74, 6) is -0.638. The van der Waals surface area contributed by atoms with E-state index in [2.05, 4.69) is 10.1 Å². The molecule has 0 aromatic carbocycles. The zero-order chi connectivity index (χ0) is 15.1. The first kappa shape index (κ1) is 16.2. The summed E-state index contributed by atoms with van der Waals surface area (Å²) < 4.78 is 16.0. The first-order valence-electron chi connectivity index (χ1n) is 7.78. The third-order valence-electron chi connectivity index (χ3n) is 4.11. The Balaban J connectivity index is 1.64. The van der Waals surface area contributed by atoms with Crippen molar-refractivity contribution >= 4 is 11.9 Å². The van der Waals surface area contributed by atoms with Crippen LogP contribution in [0.5, 0.6) is 0 Å². The maximum Gasteiger partial charge on any atom is 0.305 e. The monoisotopic (exact) mass is 299 g/mol. The van der Waals surface area contributed by atoms with Crippen LogP contribution in [-0.4, -0.2) is 44.0 Å². The number of carbonyl (C=O) groups is 2. The van der Waals surface area contributed by atoms with E-state index in [9.17, 15) is 9.59 Å². The average molecular weight is 299 g/mol. The number of amides is 1. The van der Waals surface area contributed by atoms with Gasteiger partial charge in [0.15, 0.2) is 5.79 Å². The Morgan fingerprint density at radius 3 is 2.67 bits per heavy atom. The summed E-state index contributed by atoms with van der Waals surface area (Å²) in [4.78, 5) is 22.9. The smallest absolute Gasteiger partial charge is 0.305 e. The Bertz CT molecular complexity index is 365. The van der Waals surface area contributed by atoms with Crippen molar-refractivity contribution in [3.05, 3.63) is 0 Å². The highest BCUT2D eigenvalue weighted by atomic mass is 16.7. The Hall–Kier alpha value is -1.14. The van der Waals surface area contributed by atoms with Gasteiger partial charge in [-0.1, -0.05) is 0 Å². The summed E-state index contributed by atoms with van der Waals surface area (Å²) in [5, 5.41) is 3.06. The summed E-state index contributed by atoms with van der Waals surface area (Å²) in [6, 6.07) is 0.130. The van der Waals surface area contributed by atoms with Gasteiger partial charge in [0.1, 0.15) is 0 Å². The highest BCUT2D eigenvalue weighted by Gasteiger charge is 2.41. The molecule has 0 unspecified atom stereocenters. The van der Waals surface area contributed by atoms with E-state index in [0.29, 0.717) is 38.9 Å². The summed E-state index contributed by atoms with van der Waals surface area (Å²) >= 11 is 0. The minimum atomic E-state index is -0.457. The molecule has 2 rings (SSSR count). The normalized spacial score (nSPS) is 24.0. The van der Waals surface area contributed by atoms with E-state index in [1.807, 2.05) is 0 Å². The van der Waals surface area contributed by atoms with Crippen LogP contribution in [0, 0.1) is 0 Å². The van der Waals surface area contributed by atoms with Gasteiger partial charge in [0, 0.05) is 31.7 Å². The minimum Gasteiger partial charge on any atom is -0.469 e. The molecule has 1 amide bonds. The number of hydrogen-bond acceptors (Lipinski definition) is 5. The van der Waals surface area contributed by atoms with Gasteiger partial charge in [-0.2, -0.15) is 0 Å². The fourth-order valence-corrected chi connectivity index (χ4v) is 3.04. The van der Waals surface area contributed by atoms with E-state index in [0.717, 1.165) is 25.7 Å². The largest absolute Gasteiger partial charge is 0.469 e. The summed E-state index contributed by atoms with van der Waals surface area (Å²) in [6.45, 7) is 1.29. The van der Waals surface area contributed by atoms with E-state index in [-0.39, 0.29) is 17.9 Å². The molecular weight excluding hydrogens is 274 g/mol. The Morgan fingerprint density at radius 2 is 1.95 bits per heavy atom. The molecule has 1 spiro atoms. The van der Waals surface area contributed by atoms with Crippen molar-refractivity contribution in [2.45, 2.75) is 63.2 Å². The van der Waals surface area contributed by atoms with Gasteiger partial charge in [-0.3, -0.25) is 9.59 Å². The van der Waals surface area contributed by atoms with Gasteiger partial charge in [-0.05, 0) is 25.7 Å². The van der Waals surface area contributed by atoms with E-state index < -0.39 is 5.79 Å². The van der Waals surface area contributed by atoms with E-state index >= 15 is 0 Å². The molecule has 120 valence electrons. The first-order valence-corrected chi connectivity index (χ1v) is 7.78. The SMILES string of the molecule is COC(=O)CCCCC(=O)N[C@@H]1CCCC2(C1)OCCO2. The molecule has 21 heavy (non-hydrogen) atoms. The summed E-state index contributed by atoms with van der Waals surface area (Å²) in [7, 11) is 1.38. The molecule has 1 N–H and O–H groups in total. The predicted molar refractivity (Wildman–Crippen MR) is 75.5 cm³/mol. The maximum absolute atomic E-state index is 11.9. The van der Waals surface area contributed by atoms with Crippen molar-refractivity contribution in [1.82, 2.24) is 5.32 Å². The zero-order valence-electron chi connectivity index (χ0n) is 12.7. The van der Waals surface area contributed by atoms with Crippen molar-refractivity contribution in [1.29, 1.82) is 0 Å². The van der Waals surface area contributed by atoms with E-state index in [1.54, 1.807) is 0 Å². The van der Waals surface area contributed by atoms with E-state index in [1.165, 1.54) is 7.11 Å². The third kappa shape index (κ3) is 4.97. The summed E-state index contributed by atoms with van der Waals surface area (Å²) in [6.07, 6.45) is 5.84. The van der Waals surface area contributed by atoms with Gasteiger partial charge in [0.25, 0.3) is 0 Å². The van der Waals surface area contributed by atoms with Crippen molar-refractivity contribution in [3.63, 3.8) is 0 Å². The molecule has 2 fully saturated rings. The van der Waals surface area contributed by atoms with E-state index in [4.69, 9.17) is 9.47 Å². The second-order valence-corrected chi connectivity index (χ2v) is 5.75. The van der Waals surface area contributed by atoms with Crippen LogP contribution in [0.4, 0.5) is 0 Å². The van der Waals surface area contributed by atoms with Crippen LogP contribution in [0.25, 0.3) is 0 Å². The second-order valence-electron chi connectivity index (χ2n) is 5.75. The van der Waals surface area contributed by atoms with Gasteiger partial charge in [0.05, 0.1) is 20.3 Å². The molecule has 1 saturated carbocycles. The number of hydrogen-bond donors (Lipinski definition) is 1. The number of carbonyl (C=O) groups excluding carboxylic acids is 2. The number of methoxy groups -OCH3 is 1. The molecule has 1 heterocycles. The second kappa shape index (κ2) is 7.75. The molecule has 1 aliphatic carbocycles. The van der Waals surface area contributed by atoms with Crippen LogP contribution in [0.1, 0.15) is 51.4 Å². The summed E-state index contributed by atoms with van der Waals surface area (Å²) in [5.41, 5.74) is 0. The van der Waals surface area contributed by atoms with Gasteiger partial charge in [-0.15, -0.1) is 0 Å². The number of rotatable bonds is 6. The lowest BCUT2D eigenvalue weighted by Crippen LogP contribution is -2.46. The molecule has 0 aromatic heterocycles. The van der Waals surface area contributed by atoms with Crippen LogP contribution in [-0.2, 0) is 23.8 Å². The fraction of sp³-hybridized carbons (Fsp3) is 0.867. The maximum atomic E-state index is 11.9. The number of ether oxygens (including phenoxy) is 3. The lowest BCUT2D eigenvalue weighted by atomic mass is 9.89. The molecule has 1 atom stereocenters. The highest BCUT2D eigenvalue weighted by Crippen LogP contribution is 2.35. The van der Waals surface area contributed by atoms with Crippen molar-refractivity contribution < 1.29 is 23.8 Å². The average Bonchev–Trinajstić information content (AvgIpc) is 2.91. The lowest BCUT2D eigenvalue weighted by molar-refractivity contribution is -0.182. The lowest BCUT2D eigenvalue weighted by Gasteiger charge is -2.36. The van der Waals surface area contributed by atoms with Crippen LogP contribution < -0.4 is 5.32 Å². The fourth-order valence-electron chi connectivity index (χ4n) is 3.04. The van der Waals surface area contributed by atoms with Gasteiger partial charge in [-0.25, -0.2) is 0 Å². The van der Waals surface area contributed by atoms with Crippen LogP contribution in [0.3, 0.4) is 0 Å². The molecule has 0 aromatic rings. The number of unbranched alkanes of at least 4 members (excludes halogenated alkanes) is 1. The highest BCUT2D eigenvalue weighted by molar-refractivity contribution is 5.76. The van der Waals surface area contributed by atoms with Crippen LogP contribution >= 0.6 is 0 Å². The van der Waals surface area contributed by atoms with Crippen LogP contribution in [0.2, 0.25) is 0 Å². The Kier molecular flexibility index (Phi) is 5.99. The Morgan fingerprint density at radius 1 is 1.24 bits per heavy atom. The minimum absolute atomic E-state index is 0.0416. The quantitative estimate of drug-likeness (QED) is 0.594. The standard InChI is InChI=1S/C15H25NO5/c1-19-14(18)7-3-2-6-13(17)16-12-5-4-8-15(11-12)20-9-10-21-15/h12H,2-11H2,1H3,(H,16,17)/t12-/m1/s1. The van der Waals surface area contributed by atoms with Crippen molar-refractivity contribution in [3.8, 4) is 0 Å².